The number of aliphatic hydroxyl groups is 1. The molecule has 11 heteroatoms. The fraction of sp³-hybridized carbons (Fsp3) is 0.185. The highest BCUT2D eigenvalue weighted by atomic mass is 32.1. The van der Waals surface area contributed by atoms with Gasteiger partial charge in [0.2, 0.25) is 0 Å². The molecule has 3 aromatic heterocycles. The van der Waals surface area contributed by atoms with Crippen molar-refractivity contribution >= 4 is 44.5 Å². The summed E-state index contributed by atoms with van der Waals surface area (Å²) in [7, 11) is 1.75. The number of amides is 1. The minimum Gasteiger partial charge on any atom is -0.393 e. The van der Waals surface area contributed by atoms with Gasteiger partial charge in [0.05, 0.1) is 22.4 Å². The van der Waals surface area contributed by atoms with E-state index in [4.69, 9.17) is 0 Å². The maximum atomic E-state index is 14.9. The maximum Gasteiger partial charge on any atom is 0.287 e. The average molecular weight is 533 g/mol. The van der Waals surface area contributed by atoms with Crippen LogP contribution in [0.5, 0.6) is 0 Å². The molecule has 5 aromatic rings. The monoisotopic (exact) mass is 532 g/mol. The van der Waals surface area contributed by atoms with Crippen LogP contribution in [0.25, 0.3) is 21.3 Å². The molecule has 1 atom stereocenters. The first kappa shape index (κ1) is 25.3. The Bertz CT molecular complexity index is 1690. The van der Waals surface area contributed by atoms with Gasteiger partial charge in [-0.15, -0.1) is 11.3 Å². The van der Waals surface area contributed by atoms with Gasteiger partial charge in [-0.05, 0) is 55.1 Å². The number of rotatable bonds is 7. The third-order valence-electron chi connectivity index (χ3n) is 6.13. The first-order valence-electron chi connectivity index (χ1n) is 11.9. The Morgan fingerprint density at radius 1 is 1.21 bits per heavy atom. The first-order valence-corrected chi connectivity index (χ1v) is 12.7. The summed E-state index contributed by atoms with van der Waals surface area (Å²) in [6.07, 6.45) is -0.127. The Balaban J connectivity index is 1.44. The molecule has 0 radical (unpaired) electrons. The van der Waals surface area contributed by atoms with Gasteiger partial charge < -0.3 is 15.7 Å². The van der Waals surface area contributed by atoms with Gasteiger partial charge in [-0.25, -0.2) is 9.49 Å². The van der Waals surface area contributed by atoms with Gasteiger partial charge in [-0.2, -0.15) is 10.2 Å². The minimum absolute atomic E-state index is 0.0416. The van der Waals surface area contributed by atoms with E-state index in [0.29, 0.717) is 33.9 Å². The van der Waals surface area contributed by atoms with Crippen LogP contribution >= 0.6 is 11.3 Å². The van der Waals surface area contributed by atoms with Crippen LogP contribution in [0.4, 0.5) is 21.6 Å². The number of anilines is 3. The lowest BCUT2D eigenvalue weighted by Crippen LogP contribution is -2.15. The number of benzene rings is 2. The number of nitrogens with zero attached hydrogens (tertiary/aromatic N) is 3. The van der Waals surface area contributed by atoms with Crippen molar-refractivity contribution in [3.8, 4) is 11.3 Å². The van der Waals surface area contributed by atoms with Gasteiger partial charge in [0.15, 0.2) is 5.82 Å². The fourth-order valence-corrected chi connectivity index (χ4v) is 5.17. The van der Waals surface area contributed by atoms with Crippen LogP contribution in [0.1, 0.15) is 27.9 Å². The van der Waals surface area contributed by atoms with E-state index in [9.17, 15) is 19.1 Å². The lowest BCUT2D eigenvalue weighted by atomic mass is 10.0. The summed E-state index contributed by atoms with van der Waals surface area (Å²) in [5, 5.41) is 27.3. The summed E-state index contributed by atoms with van der Waals surface area (Å²) in [6.45, 7) is 3.37. The molecule has 2 aromatic carbocycles. The zero-order valence-electron chi connectivity index (χ0n) is 20.9. The molecular weight excluding hydrogens is 507 g/mol. The van der Waals surface area contributed by atoms with E-state index < -0.39 is 23.4 Å². The van der Waals surface area contributed by atoms with Crippen LogP contribution in [0.2, 0.25) is 0 Å². The molecule has 0 aliphatic carbocycles. The zero-order valence-corrected chi connectivity index (χ0v) is 21.7. The number of aliphatic hydroxyl groups excluding tert-OH is 1. The molecule has 0 spiro atoms. The minimum atomic E-state index is -0.581. The summed E-state index contributed by atoms with van der Waals surface area (Å²) in [6, 6.07) is 15.5. The number of nitrogens with one attached hydrogen (secondary N) is 3. The number of fused-ring (bicyclic) bond motifs is 1. The van der Waals surface area contributed by atoms with Crippen LogP contribution in [0.15, 0.2) is 59.4 Å². The van der Waals surface area contributed by atoms with Crippen LogP contribution in [0.3, 0.4) is 0 Å². The Morgan fingerprint density at radius 2 is 2.00 bits per heavy atom. The molecule has 0 aliphatic rings. The molecule has 1 unspecified atom stereocenters. The van der Waals surface area contributed by atoms with Crippen molar-refractivity contribution < 1.29 is 14.3 Å². The number of aryl methyl sites for hydroxylation is 1. The molecule has 0 fully saturated rings. The van der Waals surface area contributed by atoms with Gasteiger partial charge >= 0.3 is 0 Å². The quantitative estimate of drug-likeness (QED) is 0.240. The molecule has 1 amide bonds. The van der Waals surface area contributed by atoms with Crippen molar-refractivity contribution in [1.82, 2.24) is 20.0 Å². The number of halogens is 1. The number of aromatic nitrogens is 4. The zero-order chi connectivity index (χ0) is 27.0. The van der Waals surface area contributed by atoms with Crippen molar-refractivity contribution in [2.75, 3.05) is 10.6 Å². The summed E-state index contributed by atoms with van der Waals surface area (Å²) in [5.41, 5.74) is 1.93. The van der Waals surface area contributed by atoms with E-state index in [1.807, 2.05) is 24.3 Å². The second kappa shape index (κ2) is 10.2. The van der Waals surface area contributed by atoms with Crippen molar-refractivity contribution in [3.05, 3.63) is 86.9 Å². The highest BCUT2D eigenvalue weighted by Crippen LogP contribution is 2.32. The second-order valence-corrected chi connectivity index (χ2v) is 10.1. The van der Waals surface area contributed by atoms with Crippen LogP contribution in [0, 0.1) is 12.7 Å². The first-order chi connectivity index (χ1) is 18.2. The smallest absolute Gasteiger partial charge is 0.287 e. The Kier molecular flexibility index (Phi) is 6.79. The van der Waals surface area contributed by atoms with E-state index in [-0.39, 0.29) is 11.4 Å². The standard InChI is InChI=1S/C27H25FN6O3S/c1-14(35)10-17-12-24(33-34(17)3)29-21-13-20(31-32-26(21)36)18-8-9-19(28)25(15(18)2)30-27(37)23-11-16-6-4-5-7-22(16)38-23/h4-9,11-14,35H,10H2,1-3H3,(H,30,37)(H,32,36)(H,29,31,33). The van der Waals surface area contributed by atoms with E-state index >= 15 is 0 Å². The van der Waals surface area contributed by atoms with E-state index in [2.05, 4.69) is 25.9 Å². The molecular formula is C27H25FN6O3S. The fourth-order valence-electron chi connectivity index (χ4n) is 4.21. The molecule has 3 heterocycles. The highest BCUT2D eigenvalue weighted by Gasteiger charge is 2.18. The molecule has 194 valence electrons. The SMILES string of the molecule is Cc1c(-c2cc(Nc3cc(CC(C)O)n(C)n3)c(=O)[nH]n2)ccc(F)c1NC(=O)c1cc2ccccc2s1. The lowest BCUT2D eigenvalue weighted by Gasteiger charge is -2.13. The highest BCUT2D eigenvalue weighted by molar-refractivity contribution is 7.20. The number of hydrogen-bond acceptors (Lipinski definition) is 7. The average Bonchev–Trinajstić information content (AvgIpc) is 3.46. The van der Waals surface area contributed by atoms with Gasteiger partial charge in [0.25, 0.3) is 11.5 Å². The number of carbonyl (C=O) groups excluding carboxylic acids is 1. The summed E-state index contributed by atoms with van der Waals surface area (Å²) in [4.78, 5) is 25.9. The Morgan fingerprint density at radius 3 is 2.76 bits per heavy atom. The second-order valence-electron chi connectivity index (χ2n) is 9.02. The van der Waals surface area contributed by atoms with Crippen LogP contribution < -0.4 is 16.2 Å². The lowest BCUT2D eigenvalue weighted by molar-refractivity contribution is 0.103. The van der Waals surface area contributed by atoms with Gasteiger partial charge in [0.1, 0.15) is 11.5 Å². The summed E-state index contributed by atoms with van der Waals surface area (Å²) < 4.78 is 17.4. The number of hydrogen-bond donors (Lipinski definition) is 4. The summed E-state index contributed by atoms with van der Waals surface area (Å²) in [5.74, 6) is -0.564. The van der Waals surface area contributed by atoms with Crippen molar-refractivity contribution in [3.63, 3.8) is 0 Å². The van der Waals surface area contributed by atoms with Gasteiger partial charge in [-0.1, -0.05) is 18.2 Å². The van der Waals surface area contributed by atoms with Gasteiger partial charge in [-0.3, -0.25) is 14.3 Å². The predicted octanol–water partition coefficient (Wildman–Crippen LogP) is 4.75. The number of thiophene rings is 1. The molecule has 5 rings (SSSR count). The van der Waals surface area contributed by atoms with Crippen molar-refractivity contribution in [1.29, 1.82) is 0 Å². The van der Waals surface area contributed by atoms with Crippen LogP contribution in [-0.4, -0.2) is 37.1 Å². The number of aromatic amines is 1. The molecule has 0 bridgehead atoms. The molecule has 0 aliphatic heterocycles. The number of H-pyrrole nitrogens is 1. The van der Waals surface area contributed by atoms with Crippen molar-refractivity contribution in [2.45, 2.75) is 26.4 Å². The predicted molar refractivity (Wildman–Crippen MR) is 147 cm³/mol. The third kappa shape index (κ3) is 5.06. The largest absolute Gasteiger partial charge is 0.393 e. The molecule has 38 heavy (non-hydrogen) atoms. The van der Waals surface area contributed by atoms with Crippen LogP contribution in [-0.2, 0) is 13.5 Å². The molecule has 0 saturated carbocycles. The Labute approximate surface area is 221 Å². The van der Waals surface area contributed by atoms with E-state index in [1.165, 1.54) is 17.4 Å². The molecule has 0 saturated heterocycles. The Hall–Kier alpha value is -4.35. The maximum absolute atomic E-state index is 14.9. The van der Waals surface area contributed by atoms with Crippen molar-refractivity contribution in [2.24, 2.45) is 7.05 Å². The molecule has 9 nitrogen and oxygen atoms in total. The van der Waals surface area contributed by atoms with E-state index in [1.54, 1.807) is 49.8 Å². The van der Waals surface area contributed by atoms with Gasteiger partial charge in [0, 0.05) is 35.5 Å². The summed E-state index contributed by atoms with van der Waals surface area (Å²) >= 11 is 1.33. The number of carbonyl (C=O) groups is 1. The normalized spacial score (nSPS) is 12.0. The van der Waals surface area contributed by atoms with E-state index in [0.717, 1.165) is 15.8 Å². The topological polar surface area (TPSA) is 125 Å². The third-order valence-corrected chi connectivity index (χ3v) is 7.24. The molecule has 4 N–H and O–H groups in total.